The molecule has 2 aromatic carbocycles. The molecule has 0 aliphatic heterocycles. The van der Waals surface area contributed by atoms with Gasteiger partial charge in [-0.15, -0.1) is 0 Å². The highest BCUT2D eigenvalue weighted by molar-refractivity contribution is 7.92. The number of nitrogens with zero attached hydrogens (tertiary/aromatic N) is 1. The van der Waals surface area contributed by atoms with Gasteiger partial charge < -0.3 is 10.1 Å². The molecular weight excluding hydrogens is 376 g/mol. The molecule has 7 heteroatoms. The van der Waals surface area contributed by atoms with Crippen LogP contribution < -0.4 is 14.4 Å². The monoisotopic (exact) mass is 404 g/mol. The Kier molecular flexibility index (Phi) is 7.07. The molecule has 0 saturated carbocycles. The van der Waals surface area contributed by atoms with Crippen molar-refractivity contribution in [3.63, 3.8) is 0 Å². The van der Waals surface area contributed by atoms with E-state index in [9.17, 15) is 13.2 Å². The standard InChI is InChI=1S/C21H28N2O4S/c1-15(2)17(4)22-21(24)14-23(18-8-6-16(3)7-9-18)28(25,26)20-12-10-19(27-5)11-13-20/h6-13,15,17H,14H2,1-5H3,(H,22,24)/t17-/m1/s1. The minimum absolute atomic E-state index is 0.0592. The SMILES string of the molecule is COc1ccc(S(=O)(=O)N(CC(=O)N[C@H](C)C(C)C)c2ccc(C)cc2)cc1. The van der Waals surface area contributed by atoms with Gasteiger partial charge >= 0.3 is 0 Å². The van der Waals surface area contributed by atoms with Gasteiger partial charge in [-0.1, -0.05) is 31.5 Å². The first-order valence-corrected chi connectivity index (χ1v) is 10.6. The molecule has 0 unspecified atom stereocenters. The summed E-state index contributed by atoms with van der Waals surface area (Å²) in [5.41, 5.74) is 1.44. The van der Waals surface area contributed by atoms with E-state index in [0.29, 0.717) is 11.4 Å². The van der Waals surface area contributed by atoms with E-state index in [1.165, 1.54) is 19.2 Å². The predicted octanol–water partition coefficient (Wildman–Crippen LogP) is 3.36. The number of amides is 1. The molecule has 152 valence electrons. The van der Waals surface area contributed by atoms with E-state index in [1.54, 1.807) is 24.3 Å². The van der Waals surface area contributed by atoms with Crippen molar-refractivity contribution in [2.24, 2.45) is 5.92 Å². The third-order valence-corrected chi connectivity index (χ3v) is 6.43. The molecule has 0 radical (unpaired) electrons. The highest BCUT2D eigenvalue weighted by Crippen LogP contribution is 2.25. The van der Waals surface area contributed by atoms with Crippen LogP contribution in [-0.2, 0) is 14.8 Å². The average Bonchev–Trinajstić information content (AvgIpc) is 2.66. The number of carbonyl (C=O) groups is 1. The number of aryl methyl sites for hydroxylation is 1. The summed E-state index contributed by atoms with van der Waals surface area (Å²) in [7, 11) is -2.41. The van der Waals surface area contributed by atoms with Gasteiger partial charge in [-0.2, -0.15) is 0 Å². The molecule has 0 saturated heterocycles. The molecule has 0 fully saturated rings. The highest BCUT2D eigenvalue weighted by Gasteiger charge is 2.27. The molecule has 0 aliphatic rings. The number of carbonyl (C=O) groups excluding carboxylic acids is 1. The van der Waals surface area contributed by atoms with Gasteiger partial charge in [0.2, 0.25) is 5.91 Å². The van der Waals surface area contributed by atoms with E-state index in [0.717, 1.165) is 9.87 Å². The fourth-order valence-electron chi connectivity index (χ4n) is 2.50. The van der Waals surface area contributed by atoms with E-state index < -0.39 is 10.0 Å². The van der Waals surface area contributed by atoms with Gasteiger partial charge in [0, 0.05) is 6.04 Å². The molecule has 2 rings (SSSR count). The van der Waals surface area contributed by atoms with Crippen molar-refractivity contribution in [3.05, 3.63) is 54.1 Å². The summed E-state index contributed by atoms with van der Waals surface area (Å²) in [5, 5.41) is 2.87. The van der Waals surface area contributed by atoms with E-state index in [2.05, 4.69) is 5.32 Å². The smallest absolute Gasteiger partial charge is 0.264 e. The number of hydrogen-bond acceptors (Lipinski definition) is 4. The summed E-state index contributed by atoms with van der Waals surface area (Å²) >= 11 is 0. The lowest BCUT2D eigenvalue weighted by Crippen LogP contribution is -2.45. The lowest BCUT2D eigenvalue weighted by molar-refractivity contribution is -0.120. The molecule has 1 N–H and O–H groups in total. The van der Waals surface area contributed by atoms with Crippen molar-refractivity contribution < 1.29 is 17.9 Å². The Morgan fingerprint density at radius 1 is 1.04 bits per heavy atom. The quantitative estimate of drug-likeness (QED) is 0.732. The first-order chi connectivity index (χ1) is 13.1. The second-order valence-corrected chi connectivity index (χ2v) is 8.99. The summed E-state index contributed by atoms with van der Waals surface area (Å²) in [6, 6.07) is 13.1. The molecule has 1 atom stereocenters. The van der Waals surface area contributed by atoms with Crippen LogP contribution in [0.5, 0.6) is 5.75 Å². The van der Waals surface area contributed by atoms with Crippen LogP contribution in [0.15, 0.2) is 53.4 Å². The molecule has 0 heterocycles. The van der Waals surface area contributed by atoms with Crippen molar-refractivity contribution in [2.45, 2.75) is 38.6 Å². The van der Waals surface area contributed by atoms with Gasteiger partial charge in [-0.05, 0) is 56.2 Å². The van der Waals surface area contributed by atoms with Crippen LogP contribution >= 0.6 is 0 Å². The minimum atomic E-state index is -3.93. The maximum absolute atomic E-state index is 13.3. The Balaban J connectivity index is 2.39. The summed E-state index contributed by atoms with van der Waals surface area (Å²) in [6.45, 7) is 7.52. The molecule has 0 bridgehead atoms. The van der Waals surface area contributed by atoms with Crippen molar-refractivity contribution in [2.75, 3.05) is 18.0 Å². The average molecular weight is 405 g/mol. The largest absolute Gasteiger partial charge is 0.497 e. The van der Waals surface area contributed by atoms with Crippen LogP contribution in [0.4, 0.5) is 5.69 Å². The van der Waals surface area contributed by atoms with Gasteiger partial charge in [0.15, 0.2) is 0 Å². The van der Waals surface area contributed by atoms with E-state index in [4.69, 9.17) is 4.74 Å². The second kappa shape index (κ2) is 9.10. The fourth-order valence-corrected chi connectivity index (χ4v) is 3.92. The third kappa shape index (κ3) is 5.25. The van der Waals surface area contributed by atoms with Crippen LogP contribution in [-0.4, -0.2) is 34.0 Å². The Morgan fingerprint density at radius 2 is 1.61 bits per heavy atom. The summed E-state index contributed by atoms with van der Waals surface area (Å²) < 4.78 is 32.8. The zero-order chi connectivity index (χ0) is 20.9. The van der Waals surface area contributed by atoms with Gasteiger partial charge in [-0.25, -0.2) is 8.42 Å². The van der Waals surface area contributed by atoms with Crippen molar-refractivity contribution in [3.8, 4) is 5.75 Å². The molecule has 0 aliphatic carbocycles. The normalized spacial score (nSPS) is 12.5. The molecule has 6 nitrogen and oxygen atoms in total. The number of methoxy groups -OCH3 is 1. The van der Waals surface area contributed by atoms with Crippen molar-refractivity contribution in [1.29, 1.82) is 0 Å². The van der Waals surface area contributed by atoms with Crippen LogP contribution in [0.3, 0.4) is 0 Å². The fraction of sp³-hybridized carbons (Fsp3) is 0.381. The Morgan fingerprint density at radius 3 is 2.11 bits per heavy atom. The van der Waals surface area contributed by atoms with Crippen molar-refractivity contribution >= 4 is 21.6 Å². The molecule has 28 heavy (non-hydrogen) atoms. The zero-order valence-corrected chi connectivity index (χ0v) is 17.8. The maximum Gasteiger partial charge on any atom is 0.264 e. The topological polar surface area (TPSA) is 75.7 Å². The number of ether oxygens (including phenoxy) is 1. The Hall–Kier alpha value is -2.54. The highest BCUT2D eigenvalue weighted by atomic mass is 32.2. The maximum atomic E-state index is 13.3. The summed E-state index contributed by atoms with van der Waals surface area (Å²) in [4.78, 5) is 12.6. The first kappa shape index (κ1) is 21.8. The summed E-state index contributed by atoms with van der Waals surface area (Å²) in [6.07, 6.45) is 0. The van der Waals surface area contributed by atoms with Crippen LogP contribution in [0.25, 0.3) is 0 Å². The van der Waals surface area contributed by atoms with Gasteiger partial charge in [0.25, 0.3) is 10.0 Å². The number of sulfonamides is 1. The predicted molar refractivity (Wildman–Crippen MR) is 111 cm³/mol. The molecule has 1 amide bonds. The lowest BCUT2D eigenvalue weighted by atomic mass is 10.1. The zero-order valence-electron chi connectivity index (χ0n) is 17.0. The first-order valence-electron chi connectivity index (χ1n) is 9.18. The van der Waals surface area contributed by atoms with Crippen molar-refractivity contribution in [1.82, 2.24) is 5.32 Å². The van der Waals surface area contributed by atoms with E-state index >= 15 is 0 Å². The lowest BCUT2D eigenvalue weighted by Gasteiger charge is -2.26. The number of benzene rings is 2. The van der Waals surface area contributed by atoms with Gasteiger partial charge in [-0.3, -0.25) is 9.10 Å². The molecule has 0 spiro atoms. The number of nitrogens with one attached hydrogen (secondary N) is 1. The van der Waals surface area contributed by atoms with Gasteiger partial charge in [0.1, 0.15) is 12.3 Å². The van der Waals surface area contributed by atoms with E-state index in [-0.39, 0.29) is 29.3 Å². The Labute approximate surface area is 167 Å². The number of anilines is 1. The summed E-state index contributed by atoms with van der Waals surface area (Å²) in [5.74, 6) is 0.457. The molecule has 0 aromatic heterocycles. The number of rotatable bonds is 8. The Bertz CT molecular complexity index is 891. The molecular formula is C21H28N2O4S. The second-order valence-electron chi connectivity index (χ2n) is 7.12. The van der Waals surface area contributed by atoms with Crippen LogP contribution in [0.1, 0.15) is 26.3 Å². The van der Waals surface area contributed by atoms with Gasteiger partial charge in [0.05, 0.1) is 17.7 Å². The molecule has 2 aromatic rings. The third-order valence-electron chi connectivity index (χ3n) is 4.65. The number of hydrogen-bond donors (Lipinski definition) is 1. The van der Waals surface area contributed by atoms with Crippen LogP contribution in [0.2, 0.25) is 0 Å². The van der Waals surface area contributed by atoms with Crippen LogP contribution in [0, 0.1) is 12.8 Å². The van der Waals surface area contributed by atoms with E-state index in [1.807, 2.05) is 39.8 Å². The minimum Gasteiger partial charge on any atom is -0.497 e.